The van der Waals surface area contributed by atoms with Gasteiger partial charge in [0.2, 0.25) is 5.95 Å². The second-order valence-corrected chi connectivity index (χ2v) is 5.97. The number of rotatable bonds is 2. The summed E-state index contributed by atoms with van der Waals surface area (Å²) in [6.07, 6.45) is 0.643. The second kappa shape index (κ2) is 8.22. The molecule has 1 atom stereocenters. The maximum Gasteiger partial charge on any atom is 0.222 e. The molecule has 0 amide bonds. The predicted molar refractivity (Wildman–Crippen MR) is 93.9 cm³/mol. The molecular weight excluding hydrogens is 323 g/mol. The highest BCUT2D eigenvalue weighted by Gasteiger charge is 2.25. The van der Waals surface area contributed by atoms with Gasteiger partial charge in [-0.05, 0) is 19.4 Å². The SMILES string of the molecule is Cc1cc(N2CCOCCOCCC2c2ccccc2F)nc(N)n1. The zero-order valence-corrected chi connectivity index (χ0v) is 14.3. The van der Waals surface area contributed by atoms with E-state index < -0.39 is 0 Å². The lowest BCUT2D eigenvalue weighted by Gasteiger charge is -2.34. The number of nitrogens with zero attached hydrogens (tertiary/aromatic N) is 3. The van der Waals surface area contributed by atoms with Gasteiger partial charge in [-0.2, -0.15) is 4.98 Å². The van der Waals surface area contributed by atoms with Crippen LogP contribution in [-0.2, 0) is 9.47 Å². The largest absolute Gasteiger partial charge is 0.379 e. The van der Waals surface area contributed by atoms with Gasteiger partial charge in [-0.15, -0.1) is 0 Å². The van der Waals surface area contributed by atoms with Gasteiger partial charge in [0, 0.05) is 30.5 Å². The quantitative estimate of drug-likeness (QED) is 0.901. The van der Waals surface area contributed by atoms with E-state index in [4.69, 9.17) is 15.2 Å². The van der Waals surface area contributed by atoms with Crippen LogP contribution < -0.4 is 10.6 Å². The molecule has 1 fully saturated rings. The molecule has 0 spiro atoms. The molecule has 3 rings (SSSR count). The molecule has 0 saturated carbocycles. The summed E-state index contributed by atoms with van der Waals surface area (Å²) in [6.45, 7) is 4.54. The van der Waals surface area contributed by atoms with Crippen molar-refractivity contribution >= 4 is 11.8 Å². The molecule has 2 N–H and O–H groups in total. The average Bonchev–Trinajstić information content (AvgIpc) is 2.59. The topological polar surface area (TPSA) is 73.5 Å². The first kappa shape index (κ1) is 17.6. The van der Waals surface area contributed by atoms with Crippen LogP contribution >= 0.6 is 0 Å². The zero-order valence-electron chi connectivity index (χ0n) is 14.3. The number of halogens is 1. The summed E-state index contributed by atoms with van der Waals surface area (Å²) in [7, 11) is 0. The molecule has 0 radical (unpaired) electrons. The van der Waals surface area contributed by atoms with E-state index in [1.54, 1.807) is 12.1 Å². The molecular formula is C18H23FN4O2. The van der Waals surface area contributed by atoms with Crippen LogP contribution in [0.15, 0.2) is 30.3 Å². The first-order valence-corrected chi connectivity index (χ1v) is 8.43. The number of aryl methyl sites for hydroxylation is 1. The number of nitrogen functional groups attached to an aromatic ring is 1. The van der Waals surface area contributed by atoms with E-state index >= 15 is 0 Å². The Labute approximate surface area is 146 Å². The van der Waals surface area contributed by atoms with Crippen LogP contribution in [0.4, 0.5) is 16.2 Å². The minimum atomic E-state index is -0.241. The lowest BCUT2D eigenvalue weighted by molar-refractivity contribution is 0.0403. The lowest BCUT2D eigenvalue weighted by Crippen LogP contribution is -2.35. The van der Waals surface area contributed by atoms with Gasteiger partial charge in [0.25, 0.3) is 0 Å². The third-order valence-electron chi connectivity index (χ3n) is 4.18. The maximum absolute atomic E-state index is 14.5. The summed E-state index contributed by atoms with van der Waals surface area (Å²) in [5.41, 5.74) is 7.21. The summed E-state index contributed by atoms with van der Waals surface area (Å²) in [5.74, 6) is 0.633. The monoisotopic (exact) mass is 346 g/mol. The maximum atomic E-state index is 14.5. The summed E-state index contributed by atoms with van der Waals surface area (Å²) < 4.78 is 25.7. The fourth-order valence-electron chi connectivity index (χ4n) is 3.06. The minimum absolute atomic E-state index is 0.205. The molecule has 1 unspecified atom stereocenters. The second-order valence-electron chi connectivity index (χ2n) is 5.97. The van der Waals surface area contributed by atoms with Crippen LogP contribution in [0.2, 0.25) is 0 Å². The summed E-state index contributed by atoms with van der Waals surface area (Å²) in [5, 5.41) is 0. The van der Waals surface area contributed by atoms with Crippen molar-refractivity contribution < 1.29 is 13.9 Å². The summed E-state index contributed by atoms with van der Waals surface area (Å²) in [6, 6.07) is 8.44. The lowest BCUT2D eigenvalue weighted by atomic mass is 10.0. The van der Waals surface area contributed by atoms with Crippen molar-refractivity contribution in [2.24, 2.45) is 0 Å². The van der Waals surface area contributed by atoms with E-state index in [2.05, 4.69) is 9.97 Å². The Kier molecular flexibility index (Phi) is 5.78. The normalized spacial score (nSPS) is 19.6. The van der Waals surface area contributed by atoms with Crippen LogP contribution in [0.3, 0.4) is 0 Å². The molecule has 1 saturated heterocycles. The first-order valence-electron chi connectivity index (χ1n) is 8.43. The highest BCUT2D eigenvalue weighted by atomic mass is 19.1. The van der Waals surface area contributed by atoms with Crippen LogP contribution in [-0.4, -0.2) is 42.9 Å². The number of benzene rings is 1. The smallest absolute Gasteiger partial charge is 0.222 e. The fraction of sp³-hybridized carbons (Fsp3) is 0.444. The Bertz CT molecular complexity index is 693. The van der Waals surface area contributed by atoms with Crippen molar-refractivity contribution in [2.45, 2.75) is 19.4 Å². The van der Waals surface area contributed by atoms with Gasteiger partial charge in [-0.3, -0.25) is 0 Å². The van der Waals surface area contributed by atoms with Crippen LogP contribution in [0, 0.1) is 12.7 Å². The van der Waals surface area contributed by atoms with Crippen molar-refractivity contribution in [3.05, 3.63) is 47.4 Å². The molecule has 25 heavy (non-hydrogen) atoms. The third-order valence-corrected chi connectivity index (χ3v) is 4.18. The van der Waals surface area contributed by atoms with Gasteiger partial charge in [-0.1, -0.05) is 18.2 Å². The van der Waals surface area contributed by atoms with E-state index in [0.29, 0.717) is 50.8 Å². The summed E-state index contributed by atoms with van der Waals surface area (Å²) >= 11 is 0. The average molecular weight is 346 g/mol. The van der Waals surface area contributed by atoms with Crippen molar-refractivity contribution in [1.29, 1.82) is 0 Å². The van der Waals surface area contributed by atoms with Crippen molar-refractivity contribution in [3.63, 3.8) is 0 Å². The molecule has 0 bridgehead atoms. The number of ether oxygens (including phenoxy) is 2. The van der Waals surface area contributed by atoms with E-state index in [9.17, 15) is 4.39 Å². The van der Waals surface area contributed by atoms with E-state index in [0.717, 1.165) is 5.69 Å². The molecule has 2 heterocycles. The Hall–Kier alpha value is -2.25. The number of hydrogen-bond acceptors (Lipinski definition) is 6. The molecule has 7 heteroatoms. The Morgan fingerprint density at radius 3 is 2.64 bits per heavy atom. The highest BCUT2D eigenvalue weighted by molar-refractivity contribution is 5.46. The minimum Gasteiger partial charge on any atom is -0.379 e. The Morgan fingerprint density at radius 1 is 1.12 bits per heavy atom. The van der Waals surface area contributed by atoms with Gasteiger partial charge in [0.15, 0.2) is 0 Å². The van der Waals surface area contributed by atoms with Gasteiger partial charge >= 0.3 is 0 Å². The van der Waals surface area contributed by atoms with E-state index in [-0.39, 0.29) is 17.8 Å². The van der Waals surface area contributed by atoms with Crippen LogP contribution in [0.5, 0.6) is 0 Å². The molecule has 1 aromatic heterocycles. The molecule has 1 aromatic carbocycles. The standard InChI is InChI=1S/C18H23FN4O2/c1-13-12-17(22-18(20)21-13)23-7-9-25-11-10-24-8-6-16(23)14-4-2-3-5-15(14)19/h2-5,12,16H,6-11H2,1H3,(H2,20,21,22). The summed E-state index contributed by atoms with van der Waals surface area (Å²) in [4.78, 5) is 10.5. The van der Waals surface area contributed by atoms with Crippen LogP contribution in [0.1, 0.15) is 23.7 Å². The molecule has 0 aliphatic carbocycles. The number of nitrogens with two attached hydrogens (primary N) is 1. The van der Waals surface area contributed by atoms with Gasteiger partial charge < -0.3 is 20.1 Å². The Morgan fingerprint density at radius 2 is 1.88 bits per heavy atom. The van der Waals surface area contributed by atoms with Crippen LogP contribution in [0.25, 0.3) is 0 Å². The molecule has 1 aliphatic heterocycles. The van der Waals surface area contributed by atoms with Gasteiger partial charge in [0.05, 0.1) is 25.9 Å². The number of anilines is 2. The van der Waals surface area contributed by atoms with Gasteiger partial charge in [-0.25, -0.2) is 9.37 Å². The number of aromatic nitrogens is 2. The van der Waals surface area contributed by atoms with Crippen molar-refractivity contribution in [3.8, 4) is 0 Å². The first-order chi connectivity index (χ1) is 12.1. The highest BCUT2D eigenvalue weighted by Crippen LogP contribution is 2.31. The van der Waals surface area contributed by atoms with E-state index in [1.807, 2.05) is 24.0 Å². The third kappa shape index (κ3) is 4.43. The predicted octanol–water partition coefficient (Wildman–Crippen LogP) is 2.49. The molecule has 134 valence electrons. The molecule has 1 aliphatic rings. The number of hydrogen-bond donors (Lipinski definition) is 1. The van der Waals surface area contributed by atoms with Crippen molar-refractivity contribution in [2.75, 3.05) is 43.6 Å². The molecule has 6 nitrogen and oxygen atoms in total. The van der Waals surface area contributed by atoms with Gasteiger partial charge in [0.1, 0.15) is 11.6 Å². The van der Waals surface area contributed by atoms with E-state index in [1.165, 1.54) is 6.07 Å². The Balaban J connectivity index is 2.01. The fourth-order valence-corrected chi connectivity index (χ4v) is 3.06. The molecule has 2 aromatic rings. The zero-order chi connectivity index (χ0) is 17.6. The van der Waals surface area contributed by atoms with Crippen molar-refractivity contribution in [1.82, 2.24) is 9.97 Å².